The van der Waals surface area contributed by atoms with Gasteiger partial charge in [-0.1, -0.05) is 40.5 Å². The molecule has 5 N–H and O–H groups in total. The lowest BCUT2D eigenvalue weighted by atomic mass is 9.95. The minimum Gasteiger partial charge on any atom is -0.480 e. The molecule has 1 fully saturated rings. The van der Waals surface area contributed by atoms with E-state index in [-0.39, 0.29) is 30.3 Å². The Bertz CT molecular complexity index is 563. The number of aliphatic carboxylic acids is 1. The molecular formula is C19H34N4O5. The van der Waals surface area contributed by atoms with Crippen molar-refractivity contribution in [1.29, 1.82) is 0 Å². The quantitative estimate of drug-likeness (QED) is 0.332. The van der Waals surface area contributed by atoms with Crippen molar-refractivity contribution >= 4 is 23.7 Å². The summed E-state index contributed by atoms with van der Waals surface area (Å²) in [5.74, 6) is -2.79. The number of carboxylic acid groups (broad SMARTS) is 1. The Labute approximate surface area is 166 Å². The monoisotopic (exact) mass is 398 g/mol. The second-order valence-electron chi connectivity index (χ2n) is 7.51. The Hall–Kier alpha value is -2.16. The van der Waals surface area contributed by atoms with E-state index in [9.17, 15) is 24.3 Å². The van der Waals surface area contributed by atoms with Crippen LogP contribution < -0.4 is 21.3 Å². The predicted molar refractivity (Wildman–Crippen MR) is 104 cm³/mol. The number of hydrogen-bond donors (Lipinski definition) is 5. The van der Waals surface area contributed by atoms with Gasteiger partial charge in [-0.2, -0.15) is 0 Å². The molecule has 160 valence electrons. The third-order valence-corrected chi connectivity index (χ3v) is 5.39. The molecule has 5 atom stereocenters. The Balaban J connectivity index is 2.67. The second-order valence-corrected chi connectivity index (χ2v) is 7.51. The molecule has 0 spiro atoms. The van der Waals surface area contributed by atoms with E-state index in [1.54, 1.807) is 6.92 Å². The van der Waals surface area contributed by atoms with E-state index in [1.807, 2.05) is 20.8 Å². The minimum atomic E-state index is -1.10. The normalized spacial score (nSPS) is 20.5. The zero-order chi connectivity index (χ0) is 21.3. The Morgan fingerprint density at radius 1 is 1.04 bits per heavy atom. The van der Waals surface area contributed by atoms with Gasteiger partial charge < -0.3 is 26.4 Å². The Morgan fingerprint density at radius 3 is 2.14 bits per heavy atom. The van der Waals surface area contributed by atoms with Gasteiger partial charge in [0.2, 0.25) is 17.7 Å². The molecule has 0 bridgehead atoms. The molecule has 1 rings (SSSR count). The van der Waals surface area contributed by atoms with Crippen LogP contribution in [0.25, 0.3) is 0 Å². The van der Waals surface area contributed by atoms with E-state index in [2.05, 4.69) is 21.3 Å². The molecule has 0 aromatic rings. The van der Waals surface area contributed by atoms with Gasteiger partial charge in [0.05, 0.1) is 12.6 Å². The smallest absolute Gasteiger partial charge is 0.326 e. The molecule has 0 radical (unpaired) electrons. The number of carbonyl (C=O) groups excluding carboxylic acids is 3. The van der Waals surface area contributed by atoms with Crippen molar-refractivity contribution in [3.8, 4) is 0 Å². The summed E-state index contributed by atoms with van der Waals surface area (Å²) < 4.78 is 0. The standard InChI is InChI=1S/C19H34N4O5/c1-5-11(3)15(18(26)23-16(19(27)28)12(4)6-2)22-14(24)10-21-17(25)13-8-7-9-20-13/h11-13,15-16,20H,5-10H2,1-4H3,(H,21,25)(H,22,24)(H,23,26)(H,27,28). The third kappa shape index (κ3) is 7.10. The molecule has 1 aliphatic heterocycles. The molecule has 3 amide bonds. The van der Waals surface area contributed by atoms with Gasteiger partial charge in [0.15, 0.2) is 0 Å². The average molecular weight is 399 g/mol. The van der Waals surface area contributed by atoms with E-state index in [1.165, 1.54) is 0 Å². The number of amides is 3. The molecule has 1 aliphatic rings. The fourth-order valence-corrected chi connectivity index (χ4v) is 3.05. The molecule has 0 aliphatic carbocycles. The van der Waals surface area contributed by atoms with Gasteiger partial charge >= 0.3 is 5.97 Å². The summed E-state index contributed by atoms with van der Waals surface area (Å²) in [5, 5.41) is 20.2. The van der Waals surface area contributed by atoms with Gasteiger partial charge in [-0.25, -0.2) is 4.79 Å². The SMILES string of the molecule is CCC(C)C(NC(=O)C(NC(=O)CNC(=O)C1CCCN1)C(C)CC)C(=O)O. The summed E-state index contributed by atoms with van der Waals surface area (Å²) in [6.07, 6.45) is 2.87. The molecule has 0 aromatic carbocycles. The first-order valence-electron chi connectivity index (χ1n) is 10.0. The fourth-order valence-electron chi connectivity index (χ4n) is 3.05. The first-order chi connectivity index (χ1) is 13.2. The Kier molecular flexibility index (Phi) is 9.92. The lowest BCUT2D eigenvalue weighted by molar-refractivity contribution is -0.144. The van der Waals surface area contributed by atoms with Crippen LogP contribution >= 0.6 is 0 Å². The summed E-state index contributed by atoms with van der Waals surface area (Å²) in [6, 6.07) is -2.17. The van der Waals surface area contributed by atoms with Crippen LogP contribution in [0, 0.1) is 11.8 Å². The van der Waals surface area contributed by atoms with Crippen molar-refractivity contribution in [2.75, 3.05) is 13.1 Å². The van der Waals surface area contributed by atoms with Crippen LogP contribution in [0.3, 0.4) is 0 Å². The van der Waals surface area contributed by atoms with Crippen molar-refractivity contribution < 1.29 is 24.3 Å². The maximum absolute atomic E-state index is 12.7. The first kappa shape index (κ1) is 23.9. The second kappa shape index (κ2) is 11.6. The van der Waals surface area contributed by atoms with Gasteiger partial charge in [0.25, 0.3) is 0 Å². The minimum absolute atomic E-state index is 0.192. The molecule has 0 aromatic heterocycles. The summed E-state index contributed by atoms with van der Waals surface area (Å²) in [6.45, 7) is 7.84. The van der Waals surface area contributed by atoms with E-state index in [4.69, 9.17) is 0 Å². The summed E-state index contributed by atoms with van der Waals surface area (Å²) >= 11 is 0. The highest BCUT2D eigenvalue weighted by molar-refractivity contribution is 5.92. The highest BCUT2D eigenvalue weighted by Gasteiger charge is 2.32. The van der Waals surface area contributed by atoms with Gasteiger partial charge in [0, 0.05) is 0 Å². The van der Waals surface area contributed by atoms with E-state index < -0.39 is 29.9 Å². The van der Waals surface area contributed by atoms with Crippen LogP contribution in [0.4, 0.5) is 0 Å². The predicted octanol–water partition coefficient (Wildman–Crippen LogP) is 0.00100. The van der Waals surface area contributed by atoms with Crippen LogP contribution in [0.15, 0.2) is 0 Å². The molecule has 0 saturated carbocycles. The number of carboxylic acids is 1. The molecule has 28 heavy (non-hydrogen) atoms. The number of rotatable bonds is 11. The molecular weight excluding hydrogens is 364 g/mol. The van der Waals surface area contributed by atoms with Crippen LogP contribution in [0.5, 0.6) is 0 Å². The largest absolute Gasteiger partial charge is 0.480 e. The van der Waals surface area contributed by atoms with Crippen molar-refractivity contribution in [2.24, 2.45) is 11.8 Å². The zero-order valence-electron chi connectivity index (χ0n) is 17.2. The lowest BCUT2D eigenvalue weighted by Crippen LogP contribution is -2.56. The van der Waals surface area contributed by atoms with Crippen molar-refractivity contribution in [3.63, 3.8) is 0 Å². The summed E-state index contributed by atoms with van der Waals surface area (Å²) in [7, 11) is 0. The molecule has 1 heterocycles. The van der Waals surface area contributed by atoms with E-state index in [0.29, 0.717) is 12.8 Å². The van der Waals surface area contributed by atoms with Crippen molar-refractivity contribution in [2.45, 2.75) is 71.5 Å². The number of carbonyl (C=O) groups is 4. The first-order valence-corrected chi connectivity index (χ1v) is 10.0. The van der Waals surface area contributed by atoms with Gasteiger partial charge in [-0.3, -0.25) is 14.4 Å². The lowest BCUT2D eigenvalue weighted by Gasteiger charge is -2.27. The highest BCUT2D eigenvalue weighted by atomic mass is 16.4. The topological polar surface area (TPSA) is 137 Å². The van der Waals surface area contributed by atoms with Gasteiger partial charge in [-0.15, -0.1) is 0 Å². The maximum Gasteiger partial charge on any atom is 0.326 e. The fraction of sp³-hybridized carbons (Fsp3) is 0.789. The third-order valence-electron chi connectivity index (χ3n) is 5.39. The van der Waals surface area contributed by atoms with Crippen molar-refractivity contribution in [3.05, 3.63) is 0 Å². The zero-order valence-corrected chi connectivity index (χ0v) is 17.2. The molecule has 5 unspecified atom stereocenters. The molecule has 1 saturated heterocycles. The van der Waals surface area contributed by atoms with Crippen molar-refractivity contribution in [1.82, 2.24) is 21.3 Å². The molecule has 9 nitrogen and oxygen atoms in total. The van der Waals surface area contributed by atoms with Gasteiger partial charge in [-0.05, 0) is 31.2 Å². The number of nitrogens with one attached hydrogen (secondary N) is 4. The van der Waals surface area contributed by atoms with Crippen LogP contribution in [-0.2, 0) is 19.2 Å². The van der Waals surface area contributed by atoms with E-state index in [0.717, 1.165) is 19.4 Å². The summed E-state index contributed by atoms with van der Waals surface area (Å²) in [4.78, 5) is 48.4. The maximum atomic E-state index is 12.7. The summed E-state index contributed by atoms with van der Waals surface area (Å²) in [5.41, 5.74) is 0. The van der Waals surface area contributed by atoms with E-state index >= 15 is 0 Å². The van der Waals surface area contributed by atoms with Crippen LogP contribution in [0.1, 0.15) is 53.4 Å². The average Bonchev–Trinajstić information content (AvgIpc) is 3.21. The number of hydrogen-bond acceptors (Lipinski definition) is 5. The van der Waals surface area contributed by atoms with Crippen LogP contribution in [0.2, 0.25) is 0 Å². The Morgan fingerprint density at radius 2 is 1.64 bits per heavy atom. The van der Waals surface area contributed by atoms with Gasteiger partial charge in [0.1, 0.15) is 12.1 Å². The molecule has 9 heteroatoms. The van der Waals surface area contributed by atoms with Crippen LogP contribution in [-0.4, -0.2) is 60.0 Å². The highest BCUT2D eigenvalue weighted by Crippen LogP contribution is 2.12.